The molecule has 0 aromatic heterocycles. The van der Waals surface area contributed by atoms with Crippen LogP contribution in [0.3, 0.4) is 0 Å². The van der Waals surface area contributed by atoms with Gasteiger partial charge in [-0.2, -0.15) is 11.8 Å². The van der Waals surface area contributed by atoms with Gasteiger partial charge in [-0.05, 0) is 36.8 Å². The van der Waals surface area contributed by atoms with Crippen LogP contribution in [0, 0.1) is 0 Å². The van der Waals surface area contributed by atoms with Gasteiger partial charge in [0.2, 0.25) is 0 Å². The molecule has 19 heavy (non-hydrogen) atoms. The Labute approximate surface area is 117 Å². The van der Waals surface area contributed by atoms with Gasteiger partial charge in [0.05, 0.1) is 5.56 Å². The molecule has 2 rings (SSSR count). The number of aromatic carboxylic acids is 1. The smallest absolute Gasteiger partial charge is 0.335 e. The quantitative estimate of drug-likeness (QED) is 0.783. The number of ether oxygens (including phenoxy) is 1. The molecule has 0 amide bonds. The van der Waals surface area contributed by atoms with Crippen LogP contribution in [0.5, 0.6) is 5.75 Å². The lowest BCUT2D eigenvalue weighted by atomic mass is 10.2. The summed E-state index contributed by atoms with van der Waals surface area (Å²) >= 11 is 1.99. The predicted octanol–water partition coefficient (Wildman–Crippen LogP) is 2.25. The van der Waals surface area contributed by atoms with Crippen LogP contribution in [0.15, 0.2) is 24.3 Å². The van der Waals surface area contributed by atoms with Crippen molar-refractivity contribution < 1.29 is 14.6 Å². The number of carboxylic acids is 1. The molecule has 0 bridgehead atoms. The van der Waals surface area contributed by atoms with Gasteiger partial charge in [0.25, 0.3) is 0 Å². The fraction of sp³-hybridized carbons (Fsp3) is 0.500. The molecule has 1 aliphatic heterocycles. The Kier molecular flexibility index (Phi) is 5.54. The van der Waals surface area contributed by atoms with E-state index in [-0.39, 0.29) is 5.56 Å². The van der Waals surface area contributed by atoms with Gasteiger partial charge in [-0.25, -0.2) is 4.79 Å². The first-order valence-corrected chi connectivity index (χ1v) is 7.68. The summed E-state index contributed by atoms with van der Waals surface area (Å²) in [4.78, 5) is 10.8. The van der Waals surface area contributed by atoms with Crippen LogP contribution in [0.25, 0.3) is 0 Å². The molecular weight excluding hydrogens is 262 g/mol. The van der Waals surface area contributed by atoms with Crippen molar-refractivity contribution in [2.45, 2.75) is 18.9 Å². The topological polar surface area (TPSA) is 58.6 Å². The molecule has 1 aromatic carbocycles. The van der Waals surface area contributed by atoms with Gasteiger partial charge in [-0.15, -0.1) is 0 Å². The molecular formula is C14H19NO3S. The highest BCUT2D eigenvalue weighted by Crippen LogP contribution is 2.17. The Morgan fingerprint density at radius 1 is 1.53 bits per heavy atom. The normalized spacial score (nSPS) is 19.1. The van der Waals surface area contributed by atoms with E-state index in [4.69, 9.17) is 9.84 Å². The van der Waals surface area contributed by atoms with Crippen LogP contribution in [-0.4, -0.2) is 41.8 Å². The molecule has 1 heterocycles. The van der Waals surface area contributed by atoms with Gasteiger partial charge in [-0.1, -0.05) is 6.07 Å². The first-order chi connectivity index (χ1) is 9.25. The third kappa shape index (κ3) is 4.76. The molecule has 0 aliphatic carbocycles. The average Bonchev–Trinajstić information content (AvgIpc) is 2.45. The van der Waals surface area contributed by atoms with Crippen LogP contribution >= 0.6 is 11.8 Å². The van der Waals surface area contributed by atoms with E-state index in [0.29, 0.717) is 18.4 Å². The molecule has 104 valence electrons. The maximum atomic E-state index is 10.8. The Morgan fingerprint density at radius 3 is 3.16 bits per heavy atom. The van der Waals surface area contributed by atoms with Gasteiger partial charge in [-0.3, -0.25) is 0 Å². The number of benzene rings is 1. The molecule has 1 aliphatic rings. The predicted molar refractivity (Wildman–Crippen MR) is 77.2 cm³/mol. The molecule has 4 nitrogen and oxygen atoms in total. The van der Waals surface area contributed by atoms with Crippen molar-refractivity contribution in [3.8, 4) is 5.75 Å². The second kappa shape index (κ2) is 7.40. The highest BCUT2D eigenvalue weighted by atomic mass is 32.2. The highest BCUT2D eigenvalue weighted by Gasteiger charge is 2.12. The van der Waals surface area contributed by atoms with Gasteiger partial charge < -0.3 is 15.2 Å². The summed E-state index contributed by atoms with van der Waals surface area (Å²) in [6, 6.07) is 7.19. The van der Waals surface area contributed by atoms with Crippen LogP contribution in [0.4, 0.5) is 0 Å². The fourth-order valence-corrected chi connectivity index (χ4v) is 3.16. The zero-order valence-electron chi connectivity index (χ0n) is 10.8. The molecule has 1 fully saturated rings. The lowest BCUT2D eigenvalue weighted by Gasteiger charge is -2.22. The van der Waals surface area contributed by atoms with Gasteiger partial charge >= 0.3 is 5.97 Å². The van der Waals surface area contributed by atoms with E-state index in [1.807, 2.05) is 11.8 Å². The minimum absolute atomic E-state index is 0.258. The number of carbonyl (C=O) groups is 1. The second-order valence-electron chi connectivity index (χ2n) is 4.55. The van der Waals surface area contributed by atoms with E-state index in [2.05, 4.69) is 5.32 Å². The van der Waals surface area contributed by atoms with Crippen LogP contribution < -0.4 is 10.1 Å². The summed E-state index contributed by atoms with van der Waals surface area (Å²) in [5.74, 6) is 2.13. The Balaban J connectivity index is 1.70. The van der Waals surface area contributed by atoms with Crippen molar-refractivity contribution in [3.63, 3.8) is 0 Å². The molecule has 0 spiro atoms. The second-order valence-corrected chi connectivity index (χ2v) is 5.70. The maximum absolute atomic E-state index is 10.8. The van der Waals surface area contributed by atoms with Crippen LogP contribution in [-0.2, 0) is 0 Å². The molecule has 0 radical (unpaired) electrons. The summed E-state index contributed by atoms with van der Waals surface area (Å²) in [5.41, 5.74) is 0.258. The fourth-order valence-electron chi connectivity index (χ4n) is 2.05. The third-order valence-corrected chi connectivity index (χ3v) is 4.26. The molecule has 1 saturated heterocycles. The molecule has 0 unspecified atom stereocenters. The van der Waals surface area contributed by atoms with Gasteiger partial charge in [0.1, 0.15) is 12.4 Å². The number of nitrogens with one attached hydrogen (secondary N) is 1. The van der Waals surface area contributed by atoms with Crippen molar-refractivity contribution in [3.05, 3.63) is 29.8 Å². The van der Waals surface area contributed by atoms with E-state index in [1.54, 1.807) is 24.3 Å². The third-order valence-electron chi connectivity index (χ3n) is 3.05. The lowest BCUT2D eigenvalue weighted by Crippen LogP contribution is -2.36. The number of hydrogen-bond acceptors (Lipinski definition) is 4. The van der Waals surface area contributed by atoms with Crippen LogP contribution in [0.2, 0.25) is 0 Å². The van der Waals surface area contributed by atoms with Gasteiger partial charge in [0.15, 0.2) is 0 Å². The average molecular weight is 281 g/mol. The SMILES string of the molecule is O=C(O)c1cccc(OCCN[C@H]2CCCSC2)c1. The zero-order valence-corrected chi connectivity index (χ0v) is 11.6. The van der Waals surface area contributed by atoms with Gasteiger partial charge in [0, 0.05) is 18.3 Å². The number of rotatable bonds is 6. The minimum Gasteiger partial charge on any atom is -0.492 e. The molecule has 1 aromatic rings. The number of carboxylic acid groups (broad SMARTS) is 1. The Bertz CT molecular complexity index is 419. The highest BCUT2D eigenvalue weighted by molar-refractivity contribution is 7.99. The van der Waals surface area contributed by atoms with E-state index in [1.165, 1.54) is 24.3 Å². The van der Waals surface area contributed by atoms with Crippen molar-refractivity contribution in [1.82, 2.24) is 5.32 Å². The van der Waals surface area contributed by atoms with E-state index >= 15 is 0 Å². The Hall–Kier alpha value is -1.20. The summed E-state index contributed by atoms with van der Waals surface area (Å²) < 4.78 is 5.56. The summed E-state index contributed by atoms with van der Waals surface area (Å²) in [7, 11) is 0. The maximum Gasteiger partial charge on any atom is 0.335 e. The number of hydrogen-bond donors (Lipinski definition) is 2. The molecule has 5 heteroatoms. The summed E-state index contributed by atoms with van der Waals surface area (Å²) in [6.45, 7) is 1.35. The minimum atomic E-state index is -0.928. The van der Waals surface area contributed by atoms with E-state index < -0.39 is 5.97 Å². The monoisotopic (exact) mass is 281 g/mol. The van der Waals surface area contributed by atoms with E-state index in [0.717, 1.165) is 6.54 Å². The van der Waals surface area contributed by atoms with E-state index in [9.17, 15) is 4.79 Å². The lowest BCUT2D eigenvalue weighted by molar-refractivity contribution is 0.0696. The summed E-state index contributed by atoms with van der Waals surface area (Å²) in [5, 5.41) is 12.3. The standard InChI is InChI=1S/C14H19NO3S/c16-14(17)11-3-1-5-13(9-11)18-7-6-15-12-4-2-8-19-10-12/h1,3,5,9,12,15H,2,4,6-8,10H2,(H,16,17)/t12-/m0/s1. The van der Waals surface area contributed by atoms with Crippen LogP contribution in [0.1, 0.15) is 23.2 Å². The Morgan fingerprint density at radius 2 is 2.42 bits per heavy atom. The summed E-state index contributed by atoms with van der Waals surface area (Å²) in [6.07, 6.45) is 2.52. The molecule has 2 N–H and O–H groups in total. The first kappa shape index (κ1) is 14.2. The zero-order chi connectivity index (χ0) is 13.5. The van der Waals surface area contributed by atoms with Crippen molar-refractivity contribution in [2.24, 2.45) is 0 Å². The molecule has 1 atom stereocenters. The number of thioether (sulfide) groups is 1. The van der Waals surface area contributed by atoms with Crippen molar-refractivity contribution in [2.75, 3.05) is 24.7 Å². The van der Waals surface area contributed by atoms with Crippen molar-refractivity contribution in [1.29, 1.82) is 0 Å². The molecule has 0 saturated carbocycles. The van der Waals surface area contributed by atoms with Crippen molar-refractivity contribution >= 4 is 17.7 Å². The first-order valence-electron chi connectivity index (χ1n) is 6.53. The largest absolute Gasteiger partial charge is 0.492 e.